The lowest BCUT2D eigenvalue weighted by Gasteiger charge is -2.33. The van der Waals surface area contributed by atoms with Crippen molar-refractivity contribution in [2.24, 2.45) is 23.0 Å². The third-order valence-electron chi connectivity index (χ3n) is 4.54. The van der Waals surface area contributed by atoms with Crippen LogP contribution in [0.2, 0.25) is 0 Å². The Bertz CT molecular complexity index is 491. The molecule has 1 rings (SSSR count). The minimum absolute atomic E-state index is 0. The lowest BCUT2D eigenvalue weighted by molar-refractivity contribution is -0.134. The highest BCUT2D eigenvalue weighted by molar-refractivity contribution is 5.87. The van der Waals surface area contributed by atoms with Crippen LogP contribution in [0.4, 0.5) is 0 Å². The molecule has 1 aliphatic rings. The maximum absolute atomic E-state index is 12.3. The van der Waals surface area contributed by atoms with Gasteiger partial charge in [0.05, 0.1) is 12.6 Å². The van der Waals surface area contributed by atoms with E-state index in [0.717, 1.165) is 12.8 Å². The molecule has 0 saturated carbocycles. The van der Waals surface area contributed by atoms with Crippen LogP contribution in [0.25, 0.3) is 0 Å². The summed E-state index contributed by atoms with van der Waals surface area (Å²) in [6.45, 7) is 11.2. The van der Waals surface area contributed by atoms with Gasteiger partial charge in [-0.05, 0) is 24.7 Å². The highest BCUT2D eigenvalue weighted by atomic mass is 35.5. The predicted octanol–water partition coefficient (Wildman–Crippen LogP) is 0.909. The molecule has 0 aliphatic carbocycles. The number of hydrogen-bond acceptors (Lipinski definition) is 4. The number of carbonyl (C=O) groups is 3. The Hall–Kier alpha value is -1.34. The van der Waals surface area contributed by atoms with E-state index in [-0.39, 0.29) is 48.5 Å². The van der Waals surface area contributed by atoms with Crippen LogP contribution in [0, 0.1) is 17.3 Å². The molecule has 1 heterocycles. The number of carbonyl (C=O) groups excluding carboxylic acids is 3. The maximum atomic E-state index is 12.3. The van der Waals surface area contributed by atoms with Gasteiger partial charge in [0.15, 0.2) is 0 Å². The summed E-state index contributed by atoms with van der Waals surface area (Å²) in [6.07, 6.45) is 1.89. The number of nitrogens with zero attached hydrogens (tertiary/aromatic N) is 1. The molecular weight excluding hydrogens is 356 g/mol. The van der Waals surface area contributed by atoms with Gasteiger partial charge in [0, 0.05) is 25.0 Å². The fourth-order valence-electron chi connectivity index (χ4n) is 2.66. The normalized spacial score (nSPS) is 18.7. The van der Waals surface area contributed by atoms with E-state index in [0.29, 0.717) is 19.6 Å². The first-order chi connectivity index (χ1) is 11.5. The molecule has 1 unspecified atom stereocenters. The first-order valence-electron chi connectivity index (χ1n) is 9.11. The van der Waals surface area contributed by atoms with E-state index in [2.05, 4.69) is 10.6 Å². The zero-order valence-electron chi connectivity index (χ0n) is 16.6. The second kappa shape index (κ2) is 10.7. The molecule has 0 radical (unpaired) electrons. The van der Waals surface area contributed by atoms with Crippen LogP contribution in [0.3, 0.4) is 0 Å². The van der Waals surface area contributed by atoms with E-state index >= 15 is 0 Å². The number of rotatable bonds is 6. The van der Waals surface area contributed by atoms with Gasteiger partial charge in [-0.3, -0.25) is 14.4 Å². The molecule has 26 heavy (non-hydrogen) atoms. The van der Waals surface area contributed by atoms with E-state index in [1.165, 1.54) is 0 Å². The van der Waals surface area contributed by atoms with Crippen molar-refractivity contribution in [3.8, 4) is 0 Å². The first-order valence-corrected chi connectivity index (χ1v) is 9.11. The van der Waals surface area contributed by atoms with Crippen LogP contribution in [0.1, 0.15) is 47.5 Å². The van der Waals surface area contributed by atoms with Crippen molar-refractivity contribution in [3.05, 3.63) is 0 Å². The van der Waals surface area contributed by atoms with E-state index in [4.69, 9.17) is 5.73 Å². The largest absolute Gasteiger partial charge is 0.355 e. The monoisotopic (exact) mass is 390 g/mol. The summed E-state index contributed by atoms with van der Waals surface area (Å²) in [6, 6.07) is -0.602. The van der Waals surface area contributed by atoms with Crippen LogP contribution in [0.5, 0.6) is 0 Å². The first kappa shape index (κ1) is 24.7. The van der Waals surface area contributed by atoms with Gasteiger partial charge in [-0.25, -0.2) is 0 Å². The zero-order chi connectivity index (χ0) is 19.2. The lowest BCUT2D eigenvalue weighted by atomic mass is 9.94. The fourth-order valence-corrected chi connectivity index (χ4v) is 2.66. The molecule has 7 nitrogen and oxygen atoms in total. The number of halogens is 1. The molecule has 4 N–H and O–H groups in total. The summed E-state index contributed by atoms with van der Waals surface area (Å²) < 4.78 is 0. The molecule has 152 valence electrons. The standard InChI is InChI=1S/C18H34N4O3.ClH/c1-12(2)15(19)16(24)20-10-14(23)22-8-6-7-13(11-22)9-21-17(25)18(3,4)5;/h12-13,15H,6-11,19H2,1-5H3,(H,20,24)(H,21,25);1H/t13?,15-;/m0./s1. The highest BCUT2D eigenvalue weighted by Crippen LogP contribution is 2.17. The number of hydrogen-bond donors (Lipinski definition) is 3. The van der Waals surface area contributed by atoms with Crippen LogP contribution in [-0.2, 0) is 14.4 Å². The van der Waals surface area contributed by atoms with Crippen LogP contribution < -0.4 is 16.4 Å². The number of amides is 3. The van der Waals surface area contributed by atoms with Crippen molar-refractivity contribution < 1.29 is 14.4 Å². The Morgan fingerprint density at radius 2 is 1.81 bits per heavy atom. The number of likely N-dealkylation sites (tertiary alicyclic amines) is 1. The fraction of sp³-hybridized carbons (Fsp3) is 0.833. The molecule has 3 amide bonds. The molecule has 1 fully saturated rings. The molecule has 0 spiro atoms. The summed E-state index contributed by atoms with van der Waals surface area (Å²) >= 11 is 0. The Balaban J connectivity index is 0.00000625. The average molecular weight is 391 g/mol. The smallest absolute Gasteiger partial charge is 0.241 e. The Morgan fingerprint density at radius 1 is 1.19 bits per heavy atom. The van der Waals surface area contributed by atoms with E-state index in [1.54, 1.807) is 4.90 Å². The van der Waals surface area contributed by atoms with Gasteiger partial charge in [-0.1, -0.05) is 34.6 Å². The summed E-state index contributed by atoms with van der Waals surface area (Å²) in [4.78, 5) is 37.9. The van der Waals surface area contributed by atoms with Crippen molar-refractivity contribution in [1.29, 1.82) is 0 Å². The van der Waals surface area contributed by atoms with E-state index < -0.39 is 11.5 Å². The van der Waals surface area contributed by atoms with Gasteiger partial charge in [0.1, 0.15) is 0 Å². The molecule has 8 heteroatoms. The minimum Gasteiger partial charge on any atom is -0.355 e. The van der Waals surface area contributed by atoms with Crippen molar-refractivity contribution in [2.45, 2.75) is 53.5 Å². The van der Waals surface area contributed by atoms with Gasteiger partial charge in [-0.2, -0.15) is 0 Å². The topological polar surface area (TPSA) is 105 Å². The molecule has 0 aromatic rings. The van der Waals surface area contributed by atoms with Gasteiger partial charge < -0.3 is 21.3 Å². The van der Waals surface area contributed by atoms with Crippen molar-refractivity contribution >= 4 is 30.1 Å². The van der Waals surface area contributed by atoms with Gasteiger partial charge in [0.25, 0.3) is 0 Å². The molecular formula is C18H35ClN4O3. The Labute approximate surface area is 163 Å². The maximum Gasteiger partial charge on any atom is 0.241 e. The number of piperidine rings is 1. The second-order valence-corrected chi connectivity index (χ2v) is 8.30. The zero-order valence-corrected chi connectivity index (χ0v) is 17.4. The average Bonchev–Trinajstić information content (AvgIpc) is 2.55. The number of nitrogens with one attached hydrogen (secondary N) is 2. The summed E-state index contributed by atoms with van der Waals surface area (Å²) in [5, 5.41) is 5.59. The van der Waals surface area contributed by atoms with Crippen LogP contribution in [0.15, 0.2) is 0 Å². The Morgan fingerprint density at radius 3 is 2.35 bits per heavy atom. The lowest BCUT2D eigenvalue weighted by Crippen LogP contribution is -2.50. The van der Waals surface area contributed by atoms with Crippen LogP contribution in [-0.4, -0.2) is 54.8 Å². The molecule has 0 aromatic carbocycles. The molecule has 1 saturated heterocycles. The molecule has 1 aliphatic heterocycles. The minimum atomic E-state index is -0.602. The highest BCUT2D eigenvalue weighted by Gasteiger charge is 2.27. The number of nitrogens with two attached hydrogens (primary N) is 1. The molecule has 2 atom stereocenters. The molecule has 0 aromatic heterocycles. The van der Waals surface area contributed by atoms with Crippen molar-refractivity contribution in [1.82, 2.24) is 15.5 Å². The SMILES string of the molecule is CC(C)[C@H](N)C(=O)NCC(=O)N1CCCC(CNC(=O)C(C)(C)C)C1.Cl. The third-order valence-corrected chi connectivity index (χ3v) is 4.54. The van der Waals surface area contributed by atoms with Crippen molar-refractivity contribution in [3.63, 3.8) is 0 Å². The third kappa shape index (κ3) is 7.91. The van der Waals surface area contributed by atoms with E-state index in [1.807, 2.05) is 34.6 Å². The summed E-state index contributed by atoms with van der Waals surface area (Å²) in [7, 11) is 0. The quantitative estimate of drug-likeness (QED) is 0.626. The van der Waals surface area contributed by atoms with Crippen molar-refractivity contribution in [2.75, 3.05) is 26.2 Å². The predicted molar refractivity (Wildman–Crippen MR) is 105 cm³/mol. The van der Waals surface area contributed by atoms with Crippen LogP contribution >= 0.6 is 12.4 Å². The van der Waals surface area contributed by atoms with E-state index in [9.17, 15) is 14.4 Å². The van der Waals surface area contributed by atoms with Gasteiger partial charge in [-0.15, -0.1) is 12.4 Å². The second-order valence-electron chi connectivity index (χ2n) is 8.30. The summed E-state index contributed by atoms with van der Waals surface area (Å²) in [5.41, 5.74) is 5.36. The Kier molecular flexibility index (Phi) is 10.2. The summed E-state index contributed by atoms with van der Waals surface area (Å²) in [5.74, 6) is -0.102. The van der Waals surface area contributed by atoms with Gasteiger partial charge in [0.2, 0.25) is 17.7 Å². The van der Waals surface area contributed by atoms with Gasteiger partial charge >= 0.3 is 0 Å². The molecule has 0 bridgehead atoms.